The van der Waals surface area contributed by atoms with E-state index in [0.717, 1.165) is 6.07 Å². The van der Waals surface area contributed by atoms with Gasteiger partial charge < -0.3 is 4.74 Å². The number of aromatic nitrogens is 2. The number of aryl methyl sites for hydroxylation is 1. The first kappa shape index (κ1) is 12.3. The monoisotopic (exact) mass is 263 g/mol. The summed E-state index contributed by atoms with van der Waals surface area (Å²) in [5.41, 5.74) is 0.219. The van der Waals surface area contributed by atoms with Gasteiger partial charge in [0.2, 0.25) is 5.88 Å². The maximum atomic E-state index is 13.6. The number of halogens is 2. The largest absolute Gasteiger partial charge is 0.436 e. The van der Waals surface area contributed by atoms with Crippen molar-refractivity contribution in [1.82, 2.24) is 9.97 Å². The summed E-state index contributed by atoms with van der Waals surface area (Å²) in [4.78, 5) is 7.83. The second kappa shape index (κ2) is 4.98. The molecule has 0 saturated carbocycles. The number of hydrogen-bond donors (Lipinski definition) is 0. The Morgan fingerprint density at radius 1 is 1.33 bits per heavy atom. The number of ether oxygens (including phenoxy) is 1. The molecule has 18 heavy (non-hydrogen) atoms. The van der Waals surface area contributed by atoms with Crippen molar-refractivity contribution in [3.05, 3.63) is 46.6 Å². The van der Waals surface area contributed by atoms with Crippen molar-refractivity contribution in [2.24, 2.45) is 0 Å². The highest BCUT2D eigenvalue weighted by Gasteiger charge is 2.08. The lowest BCUT2D eigenvalue weighted by Crippen LogP contribution is -1.95. The first-order chi connectivity index (χ1) is 8.58. The van der Waals surface area contributed by atoms with Gasteiger partial charge in [-0.05, 0) is 25.1 Å². The minimum Gasteiger partial charge on any atom is -0.436 e. The highest BCUT2D eigenvalue weighted by atomic mass is 35.5. The Labute approximate surface area is 108 Å². The third kappa shape index (κ3) is 2.73. The van der Waals surface area contributed by atoms with Crippen LogP contribution >= 0.6 is 11.6 Å². The zero-order valence-corrected chi connectivity index (χ0v) is 10.1. The van der Waals surface area contributed by atoms with Crippen LogP contribution in [0, 0.1) is 24.1 Å². The molecule has 1 aromatic heterocycles. The molecule has 2 aromatic rings. The second-order valence-corrected chi connectivity index (χ2v) is 3.82. The van der Waals surface area contributed by atoms with E-state index in [1.54, 1.807) is 6.92 Å². The predicted octanol–water partition coefficient (Wildman–Crippen LogP) is 3.24. The minimum atomic E-state index is -0.638. The molecule has 0 fully saturated rings. The van der Waals surface area contributed by atoms with Crippen LogP contribution in [0.2, 0.25) is 5.15 Å². The Morgan fingerprint density at radius 3 is 2.72 bits per heavy atom. The second-order valence-electron chi connectivity index (χ2n) is 3.44. The Kier molecular flexibility index (Phi) is 3.40. The van der Waals surface area contributed by atoms with Crippen LogP contribution in [0.5, 0.6) is 11.6 Å². The van der Waals surface area contributed by atoms with Crippen LogP contribution in [0.15, 0.2) is 24.3 Å². The van der Waals surface area contributed by atoms with Gasteiger partial charge in [0, 0.05) is 6.07 Å². The van der Waals surface area contributed by atoms with Crippen LogP contribution in [0.1, 0.15) is 11.4 Å². The van der Waals surface area contributed by atoms with Gasteiger partial charge in [0.1, 0.15) is 11.0 Å². The Balaban J connectivity index is 2.31. The van der Waals surface area contributed by atoms with Crippen LogP contribution in [0.4, 0.5) is 4.39 Å². The first-order valence-electron chi connectivity index (χ1n) is 4.97. The number of benzene rings is 1. The van der Waals surface area contributed by atoms with Crippen molar-refractivity contribution >= 4 is 11.6 Å². The molecule has 0 saturated heterocycles. The van der Waals surface area contributed by atoms with Crippen molar-refractivity contribution in [3.8, 4) is 17.7 Å². The Morgan fingerprint density at radius 2 is 2.11 bits per heavy atom. The van der Waals surface area contributed by atoms with E-state index in [2.05, 4.69) is 9.97 Å². The molecule has 4 nitrogen and oxygen atoms in total. The normalized spacial score (nSPS) is 9.89. The SMILES string of the molecule is Cc1nc(Cl)cc(Oc2ccc(C#N)cc2F)n1. The maximum absolute atomic E-state index is 13.6. The van der Waals surface area contributed by atoms with Crippen LogP contribution in [-0.2, 0) is 0 Å². The topological polar surface area (TPSA) is 58.8 Å². The van der Waals surface area contributed by atoms with Crippen molar-refractivity contribution < 1.29 is 9.13 Å². The summed E-state index contributed by atoms with van der Waals surface area (Å²) in [6, 6.07) is 7.12. The van der Waals surface area contributed by atoms with Crippen LogP contribution in [0.3, 0.4) is 0 Å². The number of nitrogens with zero attached hydrogens (tertiary/aromatic N) is 3. The molecule has 1 aromatic carbocycles. The van der Waals surface area contributed by atoms with E-state index in [1.165, 1.54) is 18.2 Å². The summed E-state index contributed by atoms with van der Waals surface area (Å²) in [7, 11) is 0. The first-order valence-corrected chi connectivity index (χ1v) is 5.35. The van der Waals surface area contributed by atoms with Crippen molar-refractivity contribution in [1.29, 1.82) is 5.26 Å². The van der Waals surface area contributed by atoms with Crippen molar-refractivity contribution in [2.45, 2.75) is 6.92 Å². The zero-order chi connectivity index (χ0) is 13.1. The number of hydrogen-bond acceptors (Lipinski definition) is 4. The van der Waals surface area contributed by atoms with Crippen LogP contribution in [0.25, 0.3) is 0 Å². The molecule has 0 aliphatic carbocycles. The molecule has 1 heterocycles. The zero-order valence-electron chi connectivity index (χ0n) is 9.32. The molecular formula is C12H7ClFN3O. The molecule has 0 aliphatic heterocycles. The Hall–Kier alpha value is -2.19. The van der Waals surface area contributed by atoms with Gasteiger partial charge in [0.15, 0.2) is 11.6 Å². The molecule has 0 aliphatic rings. The summed E-state index contributed by atoms with van der Waals surface area (Å²) in [5, 5.41) is 8.83. The van der Waals surface area contributed by atoms with Crippen molar-refractivity contribution in [2.75, 3.05) is 0 Å². The number of rotatable bonds is 2. The smallest absolute Gasteiger partial charge is 0.224 e. The number of nitriles is 1. The van der Waals surface area contributed by atoms with Crippen LogP contribution in [-0.4, -0.2) is 9.97 Å². The molecule has 0 spiro atoms. The average Bonchev–Trinajstić information content (AvgIpc) is 2.30. The molecule has 0 radical (unpaired) electrons. The maximum Gasteiger partial charge on any atom is 0.224 e. The van der Waals surface area contributed by atoms with Gasteiger partial charge >= 0.3 is 0 Å². The standard InChI is InChI=1S/C12H7ClFN3O/c1-7-16-11(13)5-12(17-7)18-10-3-2-8(6-15)4-9(10)14/h2-5H,1H3. The summed E-state index contributed by atoms with van der Waals surface area (Å²) in [6.45, 7) is 1.65. The minimum absolute atomic E-state index is 0.0248. The molecule has 2 rings (SSSR count). The molecule has 0 N–H and O–H groups in total. The Bertz CT molecular complexity index is 619. The molecule has 6 heteroatoms. The lowest BCUT2D eigenvalue weighted by molar-refractivity contribution is 0.425. The van der Waals surface area contributed by atoms with E-state index in [-0.39, 0.29) is 22.3 Å². The quantitative estimate of drug-likeness (QED) is 0.781. The van der Waals surface area contributed by atoms with Gasteiger partial charge in [0.25, 0.3) is 0 Å². The van der Waals surface area contributed by atoms with Crippen LogP contribution < -0.4 is 4.74 Å². The molecular weight excluding hydrogens is 257 g/mol. The van der Waals surface area contributed by atoms with Crippen molar-refractivity contribution in [3.63, 3.8) is 0 Å². The fourth-order valence-electron chi connectivity index (χ4n) is 1.32. The lowest BCUT2D eigenvalue weighted by Gasteiger charge is -2.06. The van der Waals surface area contributed by atoms with Gasteiger partial charge in [-0.2, -0.15) is 10.2 Å². The van der Waals surface area contributed by atoms with Gasteiger partial charge in [-0.25, -0.2) is 9.37 Å². The molecule has 0 bridgehead atoms. The highest BCUT2D eigenvalue weighted by Crippen LogP contribution is 2.25. The summed E-state index contributed by atoms with van der Waals surface area (Å²) >= 11 is 5.74. The van der Waals surface area contributed by atoms with E-state index in [1.807, 2.05) is 6.07 Å². The summed E-state index contributed by atoms with van der Waals surface area (Å²) in [6.07, 6.45) is 0. The van der Waals surface area contributed by atoms with Gasteiger partial charge in [-0.15, -0.1) is 0 Å². The van der Waals surface area contributed by atoms with Gasteiger partial charge in [-0.1, -0.05) is 11.6 Å². The van der Waals surface area contributed by atoms with E-state index >= 15 is 0 Å². The molecule has 90 valence electrons. The fraction of sp³-hybridized carbons (Fsp3) is 0.0833. The fourth-order valence-corrected chi connectivity index (χ4v) is 1.54. The molecule has 0 unspecified atom stereocenters. The third-order valence-electron chi connectivity index (χ3n) is 2.06. The van der Waals surface area contributed by atoms with E-state index in [9.17, 15) is 4.39 Å². The van der Waals surface area contributed by atoms with E-state index in [4.69, 9.17) is 21.6 Å². The highest BCUT2D eigenvalue weighted by molar-refractivity contribution is 6.29. The van der Waals surface area contributed by atoms with E-state index < -0.39 is 5.82 Å². The van der Waals surface area contributed by atoms with E-state index in [0.29, 0.717) is 5.82 Å². The molecule has 0 atom stereocenters. The third-order valence-corrected chi connectivity index (χ3v) is 2.25. The van der Waals surface area contributed by atoms with Gasteiger partial charge in [-0.3, -0.25) is 0 Å². The summed E-state index contributed by atoms with van der Waals surface area (Å²) < 4.78 is 18.8. The molecule has 0 amide bonds. The summed E-state index contributed by atoms with van der Waals surface area (Å²) in [5.74, 6) is -0.0905. The lowest BCUT2D eigenvalue weighted by atomic mass is 10.2. The predicted molar refractivity (Wildman–Crippen MR) is 63.0 cm³/mol. The van der Waals surface area contributed by atoms with Gasteiger partial charge in [0.05, 0.1) is 11.6 Å². The average molecular weight is 264 g/mol.